The lowest BCUT2D eigenvalue weighted by Crippen LogP contribution is -2.30. The van der Waals surface area contributed by atoms with Crippen LogP contribution in [0.2, 0.25) is 5.02 Å². The van der Waals surface area contributed by atoms with E-state index in [1.165, 1.54) is 12.1 Å². The molecule has 0 saturated heterocycles. The Balaban J connectivity index is 1.76. The molecule has 0 aliphatic rings. The number of ether oxygens (including phenoxy) is 1. The van der Waals surface area contributed by atoms with E-state index in [1.807, 2.05) is 12.1 Å². The van der Waals surface area contributed by atoms with Crippen molar-refractivity contribution < 1.29 is 22.7 Å². The van der Waals surface area contributed by atoms with Crippen LogP contribution in [0.4, 0.5) is 13.2 Å². The van der Waals surface area contributed by atoms with E-state index >= 15 is 0 Å². The number of amides is 1. The highest BCUT2D eigenvalue weighted by Gasteiger charge is 2.30. The summed E-state index contributed by atoms with van der Waals surface area (Å²) in [5.41, 5.74) is 0.196. The molecule has 0 aromatic heterocycles. The van der Waals surface area contributed by atoms with Gasteiger partial charge in [-0.3, -0.25) is 4.79 Å². The third-order valence-corrected chi connectivity index (χ3v) is 3.43. The van der Waals surface area contributed by atoms with Crippen LogP contribution in [0, 0.1) is 0 Å². The van der Waals surface area contributed by atoms with E-state index in [2.05, 4.69) is 5.32 Å². The van der Waals surface area contributed by atoms with Crippen LogP contribution in [0.1, 0.15) is 11.1 Å². The topological polar surface area (TPSA) is 38.3 Å². The Morgan fingerprint density at radius 2 is 1.83 bits per heavy atom. The molecule has 2 rings (SSSR count). The van der Waals surface area contributed by atoms with E-state index < -0.39 is 17.6 Å². The maximum Gasteiger partial charge on any atom is 0.416 e. The second kappa shape index (κ2) is 8.06. The highest BCUT2D eigenvalue weighted by Crippen LogP contribution is 2.31. The van der Waals surface area contributed by atoms with Crippen molar-refractivity contribution in [3.8, 4) is 5.75 Å². The van der Waals surface area contributed by atoms with Crippen LogP contribution >= 0.6 is 11.6 Å². The van der Waals surface area contributed by atoms with Gasteiger partial charge in [-0.1, -0.05) is 29.8 Å². The lowest BCUT2D eigenvalue weighted by atomic mass is 10.1. The number of carbonyl (C=O) groups is 1. The van der Waals surface area contributed by atoms with Gasteiger partial charge in [0, 0.05) is 11.6 Å². The summed E-state index contributed by atoms with van der Waals surface area (Å²) in [6.45, 7) is 0.0499. The number of halogens is 4. The van der Waals surface area contributed by atoms with Crippen LogP contribution in [-0.4, -0.2) is 19.1 Å². The second-order valence-corrected chi connectivity index (χ2v) is 5.48. The number of alkyl halides is 3. The molecule has 0 aliphatic heterocycles. The molecule has 0 atom stereocenters. The molecule has 1 amide bonds. The molecule has 0 saturated carbocycles. The fourth-order valence-corrected chi connectivity index (χ4v) is 2.09. The highest BCUT2D eigenvalue weighted by molar-refractivity contribution is 6.30. The third kappa shape index (κ3) is 5.77. The molecule has 2 aromatic rings. The maximum atomic E-state index is 12.6. The summed E-state index contributed by atoms with van der Waals surface area (Å²) in [5, 5.41) is 3.28. The minimum Gasteiger partial charge on any atom is -0.484 e. The smallest absolute Gasteiger partial charge is 0.416 e. The van der Waals surface area contributed by atoms with Crippen LogP contribution in [0.15, 0.2) is 48.5 Å². The number of hydrogen-bond acceptors (Lipinski definition) is 2. The molecule has 2 aromatic carbocycles. The molecule has 24 heavy (non-hydrogen) atoms. The zero-order valence-electron chi connectivity index (χ0n) is 12.6. The maximum absolute atomic E-state index is 12.6. The minimum atomic E-state index is -4.44. The van der Waals surface area contributed by atoms with Gasteiger partial charge in [0.25, 0.3) is 5.91 Å². The van der Waals surface area contributed by atoms with E-state index in [0.717, 1.165) is 17.7 Å². The van der Waals surface area contributed by atoms with Crippen LogP contribution in [0.3, 0.4) is 0 Å². The van der Waals surface area contributed by atoms with Gasteiger partial charge >= 0.3 is 6.18 Å². The molecule has 0 bridgehead atoms. The highest BCUT2D eigenvalue weighted by atomic mass is 35.5. The molecular formula is C17H15ClF3NO2. The average Bonchev–Trinajstić information content (AvgIpc) is 2.54. The molecule has 128 valence electrons. The van der Waals surface area contributed by atoms with E-state index in [1.54, 1.807) is 12.1 Å². The minimum absolute atomic E-state index is 0.00215. The van der Waals surface area contributed by atoms with Gasteiger partial charge < -0.3 is 10.1 Å². The van der Waals surface area contributed by atoms with E-state index in [9.17, 15) is 18.0 Å². The Hall–Kier alpha value is -2.21. The molecule has 0 unspecified atom stereocenters. The number of rotatable bonds is 6. The van der Waals surface area contributed by atoms with Gasteiger partial charge in [0.1, 0.15) is 5.75 Å². The molecule has 0 heterocycles. The number of nitrogens with one attached hydrogen (secondary N) is 1. The van der Waals surface area contributed by atoms with Crippen LogP contribution in [-0.2, 0) is 17.4 Å². The molecular weight excluding hydrogens is 343 g/mol. The van der Waals surface area contributed by atoms with Crippen LogP contribution in [0.25, 0.3) is 0 Å². The van der Waals surface area contributed by atoms with Gasteiger partial charge in [-0.2, -0.15) is 13.2 Å². The van der Waals surface area contributed by atoms with Crippen molar-refractivity contribution in [1.29, 1.82) is 0 Å². The monoisotopic (exact) mass is 357 g/mol. The third-order valence-electron chi connectivity index (χ3n) is 3.18. The van der Waals surface area contributed by atoms with Gasteiger partial charge in [-0.05, 0) is 42.3 Å². The zero-order valence-corrected chi connectivity index (χ0v) is 13.3. The zero-order chi connectivity index (χ0) is 17.6. The molecule has 0 fully saturated rings. The molecule has 7 heteroatoms. The molecule has 0 aliphatic carbocycles. The van der Waals surface area contributed by atoms with Crippen molar-refractivity contribution in [2.24, 2.45) is 0 Å². The standard InChI is InChI=1S/C17H15ClF3NO2/c18-14-6-4-12(5-7-14)8-9-22-16(23)11-24-15-3-1-2-13(10-15)17(19,20)21/h1-7,10H,8-9,11H2,(H,22,23). The fraction of sp³-hybridized carbons (Fsp3) is 0.235. The summed E-state index contributed by atoms with van der Waals surface area (Å²) < 4.78 is 42.8. The number of benzene rings is 2. The normalized spacial score (nSPS) is 11.2. The Labute approximate surface area is 142 Å². The summed E-state index contributed by atoms with van der Waals surface area (Å²) >= 11 is 5.78. The number of hydrogen-bond donors (Lipinski definition) is 1. The summed E-state index contributed by atoms with van der Waals surface area (Å²) in [4.78, 5) is 11.7. The predicted molar refractivity (Wildman–Crippen MR) is 85.1 cm³/mol. The SMILES string of the molecule is O=C(COc1cccc(C(F)(F)F)c1)NCCc1ccc(Cl)cc1. The molecule has 0 radical (unpaired) electrons. The summed E-state index contributed by atoms with van der Waals surface area (Å²) in [6.07, 6.45) is -3.83. The van der Waals surface area contributed by atoms with Crippen molar-refractivity contribution in [2.45, 2.75) is 12.6 Å². The van der Waals surface area contributed by atoms with Crippen molar-refractivity contribution in [1.82, 2.24) is 5.32 Å². The fourth-order valence-electron chi connectivity index (χ4n) is 1.96. The lowest BCUT2D eigenvalue weighted by Gasteiger charge is -2.10. The first kappa shape index (κ1) is 18.1. The Morgan fingerprint density at radius 1 is 1.12 bits per heavy atom. The van der Waals surface area contributed by atoms with Gasteiger partial charge in [0.2, 0.25) is 0 Å². The lowest BCUT2D eigenvalue weighted by molar-refractivity contribution is -0.137. The largest absolute Gasteiger partial charge is 0.484 e. The Kier molecular flexibility index (Phi) is 6.09. The Bertz CT molecular complexity index is 687. The van der Waals surface area contributed by atoms with Crippen molar-refractivity contribution >= 4 is 17.5 Å². The Morgan fingerprint density at radius 3 is 2.50 bits per heavy atom. The summed E-state index contributed by atoms with van der Waals surface area (Å²) in [7, 11) is 0. The summed E-state index contributed by atoms with van der Waals surface area (Å²) in [6, 6.07) is 11.6. The molecule has 0 spiro atoms. The van der Waals surface area contributed by atoms with E-state index in [4.69, 9.17) is 16.3 Å². The first-order chi connectivity index (χ1) is 11.3. The molecule has 3 nitrogen and oxygen atoms in total. The van der Waals surface area contributed by atoms with Crippen molar-refractivity contribution in [3.05, 3.63) is 64.7 Å². The van der Waals surface area contributed by atoms with Crippen LogP contribution < -0.4 is 10.1 Å². The van der Waals surface area contributed by atoms with Gasteiger partial charge in [-0.15, -0.1) is 0 Å². The second-order valence-electron chi connectivity index (χ2n) is 5.04. The summed E-state index contributed by atoms with van der Waals surface area (Å²) in [5.74, 6) is -0.404. The first-order valence-corrected chi connectivity index (χ1v) is 7.53. The van der Waals surface area contributed by atoms with E-state index in [-0.39, 0.29) is 12.4 Å². The first-order valence-electron chi connectivity index (χ1n) is 7.16. The van der Waals surface area contributed by atoms with E-state index in [0.29, 0.717) is 18.0 Å². The average molecular weight is 358 g/mol. The predicted octanol–water partition coefficient (Wildman–Crippen LogP) is 4.10. The van der Waals surface area contributed by atoms with Crippen LogP contribution in [0.5, 0.6) is 5.75 Å². The van der Waals surface area contributed by atoms with Crippen molar-refractivity contribution in [2.75, 3.05) is 13.2 Å². The molecule has 1 N–H and O–H groups in total. The van der Waals surface area contributed by atoms with Crippen molar-refractivity contribution in [3.63, 3.8) is 0 Å². The van der Waals surface area contributed by atoms with Gasteiger partial charge in [0.15, 0.2) is 6.61 Å². The van der Waals surface area contributed by atoms with Gasteiger partial charge in [-0.25, -0.2) is 0 Å². The van der Waals surface area contributed by atoms with Gasteiger partial charge in [0.05, 0.1) is 5.56 Å². The quantitative estimate of drug-likeness (QED) is 0.845. The number of carbonyl (C=O) groups excluding carboxylic acids is 1.